The lowest BCUT2D eigenvalue weighted by molar-refractivity contribution is 0.0994. The van der Waals surface area contributed by atoms with E-state index in [0.29, 0.717) is 6.42 Å². The van der Waals surface area contributed by atoms with Crippen molar-refractivity contribution in [2.24, 2.45) is 0 Å². The first kappa shape index (κ1) is 10.3. The minimum atomic E-state index is 0.268. The van der Waals surface area contributed by atoms with Gasteiger partial charge in [-0.1, -0.05) is 18.2 Å². The number of carbonyl (C=O) groups excluding carboxylic acids is 1. The molecule has 0 saturated carbocycles. The first-order valence-corrected chi connectivity index (χ1v) is 5.97. The van der Waals surface area contributed by atoms with Crippen LogP contribution < -0.4 is 0 Å². The molecule has 0 spiro atoms. The predicted octanol–water partition coefficient (Wildman–Crippen LogP) is 2.70. The number of nitrogens with zero attached hydrogens (tertiary/aromatic N) is 2. The summed E-state index contributed by atoms with van der Waals surface area (Å²) in [5.41, 5.74) is 4.35. The van der Waals surface area contributed by atoms with Gasteiger partial charge in [-0.3, -0.25) is 9.48 Å². The number of aryl methyl sites for hydroxylation is 1. The lowest BCUT2D eigenvalue weighted by Crippen LogP contribution is -1.93. The van der Waals surface area contributed by atoms with E-state index in [1.165, 1.54) is 5.56 Å². The van der Waals surface area contributed by atoms with Gasteiger partial charge in [0.15, 0.2) is 5.78 Å². The summed E-state index contributed by atoms with van der Waals surface area (Å²) in [5.74, 6) is 0.268. The van der Waals surface area contributed by atoms with Crippen molar-refractivity contribution in [3.05, 3.63) is 41.7 Å². The minimum absolute atomic E-state index is 0.268. The molecule has 17 heavy (non-hydrogen) atoms. The van der Waals surface area contributed by atoms with E-state index in [4.69, 9.17) is 0 Å². The summed E-state index contributed by atoms with van der Waals surface area (Å²) in [5, 5.41) is 4.29. The molecule has 2 aromatic rings. The third kappa shape index (κ3) is 1.58. The maximum Gasteiger partial charge on any atom is 0.163 e. The van der Waals surface area contributed by atoms with E-state index in [1.807, 2.05) is 29.2 Å². The van der Waals surface area contributed by atoms with Crippen LogP contribution in [-0.2, 0) is 13.0 Å². The largest absolute Gasteiger partial charge is 0.294 e. The van der Waals surface area contributed by atoms with Crippen LogP contribution in [0.15, 0.2) is 30.6 Å². The topological polar surface area (TPSA) is 34.9 Å². The average molecular weight is 226 g/mol. The van der Waals surface area contributed by atoms with Gasteiger partial charge < -0.3 is 0 Å². The minimum Gasteiger partial charge on any atom is -0.294 e. The van der Waals surface area contributed by atoms with Crippen molar-refractivity contribution in [1.82, 2.24) is 9.78 Å². The molecular weight excluding hydrogens is 212 g/mol. The molecule has 0 aliphatic heterocycles. The van der Waals surface area contributed by atoms with Gasteiger partial charge in [0.2, 0.25) is 0 Å². The summed E-state index contributed by atoms with van der Waals surface area (Å²) in [4.78, 5) is 11.7. The summed E-state index contributed by atoms with van der Waals surface area (Å²) in [6.07, 6.45) is 5.43. The van der Waals surface area contributed by atoms with Gasteiger partial charge in [-0.05, 0) is 24.5 Å². The SMILES string of the molecule is CCn1cc(-c2cccc3c2CCC3=O)cn1. The second-order valence-corrected chi connectivity index (χ2v) is 4.34. The molecule has 0 N–H and O–H groups in total. The van der Waals surface area contributed by atoms with Crippen LogP contribution in [0, 0.1) is 0 Å². The highest BCUT2D eigenvalue weighted by molar-refractivity contribution is 6.02. The summed E-state index contributed by atoms with van der Waals surface area (Å²) in [6.45, 7) is 2.93. The lowest BCUT2D eigenvalue weighted by atomic mass is 9.99. The van der Waals surface area contributed by atoms with Gasteiger partial charge in [0.25, 0.3) is 0 Å². The van der Waals surface area contributed by atoms with Crippen molar-refractivity contribution in [3.63, 3.8) is 0 Å². The maximum absolute atomic E-state index is 11.7. The molecule has 1 heterocycles. The zero-order valence-corrected chi connectivity index (χ0v) is 9.81. The Labute approximate surface area is 100 Å². The van der Waals surface area contributed by atoms with Crippen molar-refractivity contribution in [3.8, 4) is 11.1 Å². The fraction of sp³-hybridized carbons (Fsp3) is 0.286. The highest BCUT2D eigenvalue weighted by Gasteiger charge is 2.22. The molecule has 0 fully saturated rings. The summed E-state index contributed by atoms with van der Waals surface area (Å²) < 4.78 is 1.91. The Bertz CT molecular complexity index is 584. The van der Waals surface area contributed by atoms with E-state index in [9.17, 15) is 4.79 Å². The molecule has 0 unspecified atom stereocenters. The standard InChI is InChI=1S/C14H14N2O/c1-2-16-9-10(8-15-16)11-4-3-5-13-12(11)6-7-14(13)17/h3-5,8-9H,2,6-7H2,1H3. The van der Waals surface area contributed by atoms with Crippen molar-refractivity contribution in [2.75, 3.05) is 0 Å². The molecule has 1 aromatic heterocycles. The zero-order valence-electron chi connectivity index (χ0n) is 9.81. The molecule has 3 rings (SSSR count). The zero-order chi connectivity index (χ0) is 11.8. The molecule has 0 amide bonds. The number of aromatic nitrogens is 2. The molecule has 0 atom stereocenters. The number of fused-ring (bicyclic) bond motifs is 1. The Balaban J connectivity index is 2.13. The van der Waals surface area contributed by atoms with Gasteiger partial charge in [-0.2, -0.15) is 5.10 Å². The third-order valence-electron chi connectivity index (χ3n) is 3.35. The number of rotatable bonds is 2. The monoisotopic (exact) mass is 226 g/mol. The molecule has 86 valence electrons. The second kappa shape index (κ2) is 3.84. The molecular formula is C14H14N2O. The summed E-state index contributed by atoms with van der Waals surface area (Å²) in [7, 11) is 0. The summed E-state index contributed by atoms with van der Waals surface area (Å²) in [6, 6.07) is 5.97. The van der Waals surface area contributed by atoms with E-state index in [0.717, 1.165) is 29.7 Å². The Kier molecular flexibility index (Phi) is 2.32. The fourth-order valence-corrected chi connectivity index (χ4v) is 2.44. The molecule has 1 aliphatic rings. The number of ketones is 1. The van der Waals surface area contributed by atoms with Crippen molar-refractivity contribution < 1.29 is 4.79 Å². The highest BCUT2D eigenvalue weighted by Crippen LogP contribution is 2.31. The Hall–Kier alpha value is -1.90. The van der Waals surface area contributed by atoms with Gasteiger partial charge in [0, 0.05) is 30.3 Å². The third-order valence-corrected chi connectivity index (χ3v) is 3.35. The van der Waals surface area contributed by atoms with Gasteiger partial charge in [0.1, 0.15) is 0 Å². The molecule has 1 aliphatic carbocycles. The molecule has 0 bridgehead atoms. The predicted molar refractivity (Wildman–Crippen MR) is 66.0 cm³/mol. The van der Waals surface area contributed by atoms with Crippen LogP contribution >= 0.6 is 0 Å². The van der Waals surface area contributed by atoms with Crippen LogP contribution in [0.5, 0.6) is 0 Å². The Morgan fingerprint density at radius 2 is 2.12 bits per heavy atom. The second-order valence-electron chi connectivity index (χ2n) is 4.34. The first-order valence-electron chi connectivity index (χ1n) is 5.97. The lowest BCUT2D eigenvalue weighted by Gasteiger charge is -2.04. The normalized spacial score (nSPS) is 14.1. The smallest absolute Gasteiger partial charge is 0.163 e. The molecule has 3 nitrogen and oxygen atoms in total. The highest BCUT2D eigenvalue weighted by atomic mass is 16.1. The van der Waals surface area contributed by atoms with E-state index in [1.54, 1.807) is 0 Å². The molecule has 0 radical (unpaired) electrons. The van der Waals surface area contributed by atoms with E-state index in [2.05, 4.69) is 18.1 Å². The van der Waals surface area contributed by atoms with Crippen LogP contribution in [0.1, 0.15) is 29.3 Å². The number of hydrogen-bond donors (Lipinski definition) is 0. The van der Waals surface area contributed by atoms with Crippen LogP contribution in [0.4, 0.5) is 0 Å². The van der Waals surface area contributed by atoms with Crippen LogP contribution in [-0.4, -0.2) is 15.6 Å². The number of hydrogen-bond acceptors (Lipinski definition) is 2. The maximum atomic E-state index is 11.7. The number of Topliss-reactive ketones (excluding diaryl/α,β-unsaturated/α-hetero) is 1. The Morgan fingerprint density at radius 1 is 1.29 bits per heavy atom. The number of benzene rings is 1. The van der Waals surface area contributed by atoms with Gasteiger partial charge in [-0.15, -0.1) is 0 Å². The first-order chi connectivity index (χ1) is 8.29. The van der Waals surface area contributed by atoms with Crippen LogP contribution in [0.2, 0.25) is 0 Å². The number of carbonyl (C=O) groups is 1. The van der Waals surface area contributed by atoms with Gasteiger partial charge in [-0.25, -0.2) is 0 Å². The van der Waals surface area contributed by atoms with Crippen LogP contribution in [0.25, 0.3) is 11.1 Å². The quantitative estimate of drug-likeness (QED) is 0.789. The van der Waals surface area contributed by atoms with Crippen molar-refractivity contribution >= 4 is 5.78 Å². The molecule has 0 saturated heterocycles. The van der Waals surface area contributed by atoms with E-state index in [-0.39, 0.29) is 5.78 Å². The van der Waals surface area contributed by atoms with Crippen molar-refractivity contribution in [1.29, 1.82) is 0 Å². The summed E-state index contributed by atoms with van der Waals surface area (Å²) >= 11 is 0. The van der Waals surface area contributed by atoms with Crippen LogP contribution in [0.3, 0.4) is 0 Å². The van der Waals surface area contributed by atoms with Crippen molar-refractivity contribution in [2.45, 2.75) is 26.3 Å². The fourth-order valence-electron chi connectivity index (χ4n) is 2.44. The van der Waals surface area contributed by atoms with E-state index >= 15 is 0 Å². The van der Waals surface area contributed by atoms with Gasteiger partial charge >= 0.3 is 0 Å². The molecule has 3 heteroatoms. The molecule has 1 aromatic carbocycles. The van der Waals surface area contributed by atoms with E-state index < -0.39 is 0 Å². The van der Waals surface area contributed by atoms with Gasteiger partial charge in [0.05, 0.1) is 6.20 Å². The Morgan fingerprint density at radius 3 is 2.88 bits per heavy atom. The average Bonchev–Trinajstić information content (AvgIpc) is 2.96.